The van der Waals surface area contributed by atoms with Gasteiger partial charge in [0, 0.05) is 19.3 Å². The van der Waals surface area contributed by atoms with Crippen molar-refractivity contribution in [2.75, 3.05) is 18.5 Å². The summed E-state index contributed by atoms with van der Waals surface area (Å²) in [5.41, 5.74) is 1.27. The van der Waals surface area contributed by atoms with E-state index in [2.05, 4.69) is 28.2 Å². The van der Waals surface area contributed by atoms with E-state index in [4.69, 9.17) is 5.26 Å². The van der Waals surface area contributed by atoms with Gasteiger partial charge in [0.2, 0.25) is 0 Å². The number of benzene rings is 1. The van der Waals surface area contributed by atoms with Crippen LogP contribution in [0.4, 0.5) is 5.82 Å². The number of nitriles is 1. The fourth-order valence-corrected chi connectivity index (χ4v) is 2.46. The van der Waals surface area contributed by atoms with Gasteiger partial charge in [-0.25, -0.2) is 4.98 Å². The number of rotatable bonds is 6. The van der Waals surface area contributed by atoms with E-state index in [1.54, 1.807) is 24.2 Å². The highest BCUT2D eigenvalue weighted by Crippen LogP contribution is 2.21. The van der Waals surface area contributed by atoms with Crippen molar-refractivity contribution >= 4 is 17.6 Å². The Balaban J connectivity index is 1.97. The Bertz CT molecular complexity index is 580. The molecule has 0 saturated carbocycles. The largest absolute Gasteiger partial charge is 0.357 e. The lowest BCUT2D eigenvalue weighted by Crippen LogP contribution is -2.19. The lowest BCUT2D eigenvalue weighted by molar-refractivity contribution is 0.862. The van der Waals surface area contributed by atoms with Gasteiger partial charge in [0.15, 0.2) is 0 Å². The Labute approximate surface area is 123 Å². The Hall–Kier alpha value is -2.06. The van der Waals surface area contributed by atoms with Gasteiger partial charge in [0.05, 0.1) is 24.9 Å². The molecule has 0 spiro atoms. The predicted molar refractivity (Wildman–Crippen MR) is 81.5 cm³/mol. The van der Waals surface area contributed by atoms with Gasteiger partial charge in [-0.3, -0.25) is 4.98 Å². The molecule has 0 aliphatic heterocycles. The van der Waals surface area contributed by atoms with Crippen LogP contribution in [0, 0.1) is 11.3 Å². The van der Waals surface area contributed by atoms with E-state index in [-0.39, 0.29) is 0 Å². The average molecular weight is 284 g/mol. The molecular weight excluding hydrogens is 268 g/mol. The number of thioether (sulfide) groups is 1. The quantitative estimate of drug-likeness (QED) is 0.763. The van der Waals surface area contributed by atoms with Crippen molar-refractivity contribution in [3.63, 3.8) is 0 Å². The summed E-state index contributed by atoms with van der Waals surface area (Å²) in [6, 6.07) is 12.4. The van der Waals surface area contributed by atoms with Crippen molar-refractivity contribution in [3.05, 3.63) is 48.3 Å². The van der Waals surface area contributed by atoms with Crippen LogP contribution < -0.4 is 4.90 Å². The SMILES string of the molecule is CN(CCC#N)c1cncc(SCc2ccccc2)n1. The van der Waals surface area contributed by atoms with Crippen LogP contribution in [0.1, 0.15) is 12.0 Å². The van der Waals surface area contributed by atoms with Crippen LogP contribution in [0.25, 0.3) is 0 Å². The summed E-state index contributed by atoms with van der Waals surface area (Å²) in [6.07, 6.45) is 3.98. The number of hydrogen-bond donors (Lipinski definition) is 0. The summed E-state index contributed by atoms with van der Waals surface area (Å²) < 4.78 is 0. The molecule has 0 amide bonds. The van der Waals surface area contributed by atoms with Crippen molar-refractivity contribution in [2.24, 2.45) is 0 Å². The summed E-state index contributed by atoms with van der Waals surface area (Å²) in [5, 5.41) is 9.51. The van der Waals surface area contributed by atoms with Gasteiger partial charge in [-0.1, -0.05) is 30.3 Å². The standard InChI is InChI=1S/C15H16N4S/c1-19(9-5-8-16)14-10-17-11-15(18-14)20-12-13-6-3-2-4-7-13/h2-4,6-7,10-11H,5,9,12H2,1H3. The van der Waals surface area contributed by atoms with Crippen molar-refractivity contribution in [3.8, 4) is 6.07 Å². The van der Waals surface area contributed by atoms with Gasteiger partial charge in [0.1, 0.15) is 10.8 Å². The summed E-state index contributed by atoms with van der Waals surface area (Å²) in [7, 11) is 1.92. The van der Waals surface area contributed by atoms with Gasteiger partial charge < -0.3 is 4.90 Å². The van der Waals surface area contributed by atoms with Gasteiger partial charge in [-0.15, -0.1) is 11.8 Å². The highest BCUT2D eigenvalue weighted by Gasteiger charge is 2.05. The second-order valence-corrected chi connectivity index (χ2v) is 5.32. The molecule has 0 aliphatic rings. The molecule has 0 fully saturated rings. The van der Waals surface area contributed by atoms with Crippen LogP contribution >= 0.6 is 11.8 Å². The van der Waals surface area contributed by atoms with E-state index < -0.39 is 0 Å². The minimum Gasteiger partial charge on any atom is -0.357 e. The monoisotopic (exact) mass is 284 g/mol. The number of aromatic nitrogens is 2. The maximum absolute atomic E-state index is 8.61. The van der Waals surface area contributed by atoms with Gasteiger partial charge in [0.25, 0.3) is 0 Å². The lowest BCUT2D eigenvalue weighted by atomic mass is 10.2. The first-order chi connectivity index (χ1) is 9.79. The van der Waals surface area contributed by atoms with Crippen LogP contribution in [0.5, 0.6) is 0 Å². The van der Waals surface area contributed by atoms with E-state index in [9.17, 15) is 0 Å². The second-order valence-electron chi connectivity index (χ2n) is 4.32. The number of nitrogens with zero attached hydrogens (tertiary/aromatic N) is 4. The Morgan fingerprint density at radius 1 is 1.25 bits per heavy atom. The molecule has 1 aromatic heterocycles. The van der Waals surface area contributed by atoms with E-state index in [0.29, 0.717) is 13.0 Å². The molecular formula is C15H16N4S. The van der Waals surface area contributed by atoms with Crippen molar-refractivity contribution < 1.29 is 0 Å². The van der Waals surface area contributed by atoms with Crippen molar-refractivity contribution in [1.29, 1.82) is 5.26 Å². The molecule has 4 nitrogen and oxygen atoms in total. The molecule has 0 unspecified atom stereocenters. The zero-order chi connectivity index (χ0) is 14.2. The summed E-state index contributed by atoms with van der Waals surface area (Å²) >= 11 is 1.66. The summed E-state index contributed by atoms with van der Waals surface area (Å²) in [5.74, 6) is 1.68. The van der Waals surface area contributed by atoms with Crippen LogP contribution in [0.2, 0.25) is 0 Å². The molecule has 5 heteroatoms. The summed E-state index contributed by atoms with van der Waals surface area (Å²) in [4.78, 5) is 10.7. The molecule has 0 atom stereocenters. The molecule has 102 valence electrons. The van der Waals surface area contributed by atoms with Crippen LogP contribution in [-0.4, -0.2) is 23.6 Å². The molecule has 0 N–H and O–H groups in total. The minimum absolute atomic E-state index is 0.486. The first-order valence-electron chi connectivity index (χ1n) is 6.36. The fraction of sp³-hybridized carbons (Fsp3) is 0.267. The molecule has 0 bridgehead atoms. The molecule has 1 aromatic carbocycles. The van der Waals surface area contributed by atoms with Crippen molar-refractivity contribution in [1.82, 2.24) is 9.97 Å². The highest BCUT2D eigenvalue weighted by atomic mass is 32.2. The van der Waals surface area contributed by atoms with E-state index >= 15 is 0 Å². The first-order valence-corrected chi connectivity index (χ1v) is 7.35. The molecule has 1 heterocycles. The van der Waals surface area contributed by atoms with Crippen LogP contribution in [-0.2, 0) is 5.75 Å². The normalized spacial score (nSPS) is 10.0. The topological polar surface area (TPSA) is 52.8 Å². The highest BCUT2D eigenvalue weighted by molar-refractivity contribution is 7.98. The maximum atomic E-state index is 8.61. The predicted octanol–water partition coefficient (Wildman–Crippen LogP) is 3.12. The molecule has 0 radical (unpaired) electrons. The molecule has 2 rings (SSSR count). The van der Waals surface area contributed by atoms with Gasteiger partial charge in [-0.2, -0.15) is 5.26 Å². The number of hydrogen-bond acceptors (Lipinski definition) is 5. The van der Waals surface area contributed by atoms with Crippen molar-refractivity contribution in [2.45, 2.75) is 17.2 Å². The zero-order valence-electron chi connectivity index (χ0n) is 11.4. The molecule has 0 saturated heterocycles. The van der Waals surface area contributed by atoms with Crippen LogP contribution in [0.15, 0.2) is 47.8 Å². The van der Waals surface area contributed by atoms with E-state index in [0.717, 1.165) is 16.6 Å². The Morgan fingerprint density at radius 3 is 2.80 bits per heavy atom. The Kier molecular flexibility index (Phi) is 5.39. The maximum Gasteiger partial charge on any atom is 0.148 e. The van der Waals surface area contributed by atoms with Gasteiger partial charge in [-0.05, 0) is 5.56 Å². The number of anilines is 1. The third kappa shape index (κ3) is 4.25. The molecule has 20 heavy (non-hydrogen) atoms. The third-order valence-corrected chi connectivity index (χ3v) is 3.75. The molecule has 0 aliphatic carbocycles. The average Bonchev–Trinajstić information content (AvgIpc) is 2.52. The van der Waals surface area contributed by atoms with Gasteiger partial charge >= 0.3 is 0 Å². The van der Waals surface area contributed by atoms with E-state index in [1.807, 2.05) is 30.1 Å². The third-order valence-electron chi connectivity index (χ3n) is 2.78. The first kappa shape index (κ1) is 14.4. The van der Waals surface area contributed by atoms with E-state index in [1.165, 1.54) is 5.56 Å². The van der Waals surface area contributed by atoms with Crippen LogP contribution in [0.3, 0.4) is 0 Å². The smallest absolute Gasteiger partial charge is 0.148 e. The molecule has 2 aromatic rings. The summed E-state index contributed by atoms with van der Waals surface area (Å²) in [6.45, 7) is 0.665. The zero-order valence-corrected chi connectivity index (χ0v) is 12.2. The fourth-order valence-electron chi connectivity index (χ4n) is 1.66. The second kappa shape index (κ2) is 7.51. The Morgan fingerprint density at radius 2 is 2.05 bits per heavy atom. The lowest BCUT2D eigenvalue weighted by Gasteiger charge is -2.16. The minimum atomic E-state index is 0.486.